The fourth-order valence-corrected chi connectivity index (χ4v) is 1.79. The summed E-state index contributed by atoms with van der Waals surface area (Å²) in [5.74, 6) is 1.02. The lowest BCUT2D eigenvalue weighted by Crippen LogP contribution is -2.10. The Hall–Kier alpha value is -1.77. The highest BCUT2D eigenvalue weighted by Crippen LogP contribution is 2.21. The second-order valence-electron chi connectivity index (χ2n) is 3.49. The molecule has 1 atom stereocenters. The van der Waals surface area contributed by atoms with E-state index in [9.17, 15) is 14.3 Å². The van der Waals surface area contributed by atoms with Crippen LogP contribution in [0.1, 0.15) is 6.42 Å². The van der Waals surface area contributed by atoms with E-state index >= 15 is 0 Å². The topological polar surface area (TPSA) is 110 Å². The minimum absolute atomic E-state index is 0.168. The Morgan fingerprint density at radius 2 is 2.28 bits per heavy atom. The summed E-state index contributed by atoms with van der Waals surface area (Å²) in [7, 11) is 0.768. The van der Waals surface area contributed by atoms with Crippen LogP contribution in [0.3, 0.4) is 0 Å². The molecule has 8 nitrogen and oxygen atoms in total. The number of nitrogens with one attached hydrogen (secondary N) is 2. The minimum atomic E-state index is -0.863. The molecule has 9 heteroatoms. The van der Waals surface area contributed by atoms with E-state index in [0.29, 0.717) is 24.7 Å². The Morgan fingerprint density at radius 3 is 2.83 bits per heavy atom. The van der Waals surface area contributed by atoms with Crippen molar-refractivity contribution in [3.05, 3.63) is 16.3 Å². The van der Waals surface area contributed by atoms with E-state index in [1.165, 1.54) is 0 Å². The van der Waals surface area contributed by atoms with Crippen LogP contribution >= 0.6 is 0 Å². The largest absolute Gasteiger partial charge is 0.364 e. The van der Waals surface area contributed by atoms with Gasteiger partial charge in [0.1, 0.15) is 6.20 Å². The number of nitrogens with zero attached hydrogens (tertiary/aromatic N) is 3. The average molecular weight is 273 g/mol. The van der Waals surface area contributed by atoms with E-state index in [-0.39, 0.29) is 11.5 Å². The Kier molecular flexibility index (Phi) is 5.43. The molecular weight excluding hydrogens is 258 g/mol. The molecule has 0 aliphatic rings. The van der Waals surface area contributed by atoms with Crippen molar-refractivity contribution < 1.29 is 9.13 Å². The molecule has 1 heterocycles. The summed E-state index contributed by atoms with van der Waals surface area (Å²) in [6.45, 7) is 0.473. The van der Waals surface area contributed by atoms with Crippen LogP contribution in [0, 0.1) is 10.1 Å². The summed E-state index contributed by atoms with van der Waals surface area (Å²) in [6, 6.07) is 0. The number of nitro groups is 1. The van der Waals surface area contributed by atoms with Crippen molar-refractivity contribution in [2.24, 2.45) is 0 Å². The molecule has 0 aliphatic heterocycles. The van der Waals surface area contributed by atoms with Crippen molar-refractivity contribution in [3.8, 4) is 0 Å². The zero-order valence-corrected chi connectivity index (χ0v) is 11.0. The third-order valence-electron chi connectivity index (χ3n) is 2.09. The van der Waals surface area contributed by atoms with Crippen LogP contribution in [0.25, 0.3) is 0 Å². The van der Waals surface area contributed by atoms with Crippen LogP contribution in [-0.2, 0) is 10.8 Å². The lowest BCUT2D eigenvalue weighted by atomic mass is 10.4. The lowest BCUT2D eigenvalue weighted by molar-refractivity contribution is -0.384. The summed E-state index contributed by atoms with van der Waals surface area (Å²) in [4.78, 5) is 18.0. The third kappa shape index (κ3) is 4.24. The van der Waals surface area contributed by atoms with Crippen molar-refractivity contribution in [1.29, 1.82) is 0 Å². The van der Waals surface area contributed by atoms with Crippen LogP contribution < -0.4 is 10.6 Å². The monoisotopic (exact) mass is 273 g/mol. The van der Waals surface area contributed by atoms with Gasteiger partial charge in [-0.2, -0.15) is 4.98 Å². The van der Waals surface area contributed by atoms with Gasteiger partial charge in [0.2, 0.25) is 11.8 Å². The molecule has 0 bridgehead atoms. The highest BCUT2D eigenvalue weighted by Gasteiger charge is 2.16. The number of hydrogen-bond donors (Lipinski definition) is 2. The Bertz CT molecular complexity index is 454. The number of hydrogen-bond acceptors (Lipinski definition) is 7. The van der Waals surface area contributed by atoms with Gasteiger partial charge in [0.15, 0.2) is 0 Å². The minimum Gasteiger partial charge on any atom is -0.364 e. The molecule has 2 N–H and O–H groups in total. The van der Waals surface area contributed by atoms with E-state index in [1.54, 1.807) is 13.3 Å². The van der Waals surface area contributed by atoms with Gasteiger partial charge in [0.05, 0.1) is 4.92 Å². The molecular formula is C9H15N5O3S. The Morgan fingerprint density at radius 1 is 1.56 bits per heavy atom. The predicted octanol–water partition coefficient (Wildman–Crippen LogP) is 0.607. The van der Waals surface area contributed by atoms with Crippen LogP contribution in [0.4, 0.5) is 17.5 Å². The predicted molar refractivity (Wildman–Crippen MR) is 70.3 cm³/mol. The van der Waals surface area contributed by atoms with Gasteiger partial charge in [-0.05, 0) is 6.42 Å². The fourth-order valence-electron chi connectivity index (χ4n) is 1.24. The summed E-state index contributed by atoms with van der Waals surface area (Å²) < 4.78 is 10.9. The average Bonchev–Trinajstić information content (AvgIpc) is 2.33. The lowest BCUT2D eigenvalue weighted by Gasteiger charge is -2.06. The smallest absolute Gasteiger partial charge is 0.329 e. The summed E-state index contributed by atoms with van der Waals surface area (Å²) >= 11 is 0. The van der Waals surface area contributed by atoms with E-state index in [4.69, 9.17) is 0 Å². The van der Waals surface area contributed by atoms with Crippen LogP contribution in [-0.4, -0.2) is 44.7 Å². The second kappa shape index (κ2) is 6.84. The second-order valence-corrected chi connectivity index (χ2v) is 5.05. The molecule has 0 fully saturated rings. The molecule has 18 heavy (non-hydrogen) atoms. The van der Waals surface area contributed by atoms with Crippen LogP contribution in [0.2, 0.25) is 0 Å². The third-order valence-corrected chi connectivity index (χ3v) is 2.95. The van der Waals surface area contributed by atoms with Gasteiger partial charge in [-0.1, -0.05) is 0 Å². The molecule has 0 radical (unpaired) electrons. The van der Waals surface area contributed by atoms with E-state index in [0.717, 1.165) is 6.20 Å². The molecule has 1 rings (SSSR count). The van der Waals surface area contributed by atoms with E-state index in [2.05, 4.69) is 20.6 Å². The standard InChI is InChI=1S/C9H15N5O3S/c1-10-9-12-6-7(14(15)16)8(13-9)11-4-3-5-18(2)17/h6H,3-5H2,1-2H3,(H2,10,11,12,13). The van der Waals surface area contributed by atoms with Gasteiger partial charge in [-0.3, -0.25) is 14.3 Å². The van der Waals surface area contributed by atoms with Crippen molar-refractivity contribution in [2.75, 3.05) is 36.2 Å². The molecule has 1 aromatic rings. The van der Waals surface area contributed by atoms with E-state index in [1.807, 2.05) is 0 Å². The highest BCUT2D eigenvalue weighted by molar-refractivity contribution is 7.84. The SMILES string of the molecule is CNc1ncc([N+](=O)[O-])c(NCCCS(C)=O)n1. The summed E-state index contributed by atoms with van der Waals surface area (Å²) in [5.41, 5.74) is -0.174. The van der Waals surface area contributed by atoms with Gasteiger partial charge in [0.25, 0.3) is 0 Å². The maximum atomic E-state index is 10.9. The first-order chi connectivity index (χ1) is 8.54. The maximum absolute atomic E-state index is 10.9. The quantitative estimate of drug-likeness (QED) is 0.425. The van der Waals surface area contributed by atoms with Crippen molar-refractivity contribution in [3.63, 3.8) is 0 Å². The molecule has 0 aliphatic carbocycles. The zero-order valence-electron chi connectivity index (χ0n) is 10.2. The number of aromatic nitrogens is 2. The normalized spacial score (nSPS) is 11.9. The molecule has 0 spiro atoms. The molecule has 100 valence electrons. The molecule has 1 aromatic heterocycles. The first kappa shape index (κ1) is 14.3. The van der Waals surface area contributed by atoms with Crippen LogP contribution in [0.5, 0.6) is 0 Å². The molecule has 1 unspecified atom stereocenters. The Labute approximate surface area is 107 Å². The van der Waals surface area contributed by atoms with Crippen molar-refractivity contribution in [1.82, 2.24) is 9.97 Å². The van der Waals surface area contributed by atoms with Gasteiger partial charge in [-0.25, -0.2) is 4.98 Å². The molecule has 0 saturated carbocycles. The zero-order chi connectivity index (χ0) is 13.5. The Balaban J connectivity index is 2.71. The van der Waals surface area contributed by atoms with Crippen molar-refractivity contribution >= 4 is 28.3 Å². The van der Waals surface area contributed by atoms with Gasteiger partial charge in [-0.15, -0.1) is 0 Å². The van der Waals surface area contributed by atoms with Gasteiger partial charge >= 0.3 is 5.69 Å². The first-order valence-corrected chi connectivity index (χ1v) is 7.00. The highest BCUT2D eigenvalue weighted by atomic mass is 32.2. The van der Waals surface area contributed by atoms with Crippen LogP contribution in [0.15, 0.2) is 6.20 Å². The molecule has 0 aromatic carbocycles. The van der Waals surface area contributed by atoms with Gasteiger partial charge < -0.3 is 10.6 Å². The van der Waals surface area contributed by atoms with E-state index < -0.39 is 15.7 Å². The van der Waals surface area contributed by atoms with Crippen molar-refractivity contribution in [2.45, 2.75) is 6.42 Å². The molecule has 0 amide bonds. The van der Waals surface area contributed by atoms with Gasteiger partial charge in [0, 0.05) is 36.4 Å². The molecule has 0 saturated heterocycles. The maximum Gasteiger partial charge on any atom is 0.329 e. The summed E-state index contributed by atoms with van der Waals surface area (Å²) in [5, 5.41) is 16.3. The first-order valence-electron chi connectivity index (χ1n) is 5.27. The summed E-state index contributed by atoms with van der Waals surface area (Å²) in [6.07, 6.45) is 3.42. The number of anilines is 2. The fraction of sp³-hybridized carbons (Fsp3) is 0.556. The number of rotatable bonds is 7.